The Labute approximate surface area is 113 Å². The van der Waals surface area contributed by atoms with Crippen molar-refractivity contribution in [1.82, 2.24) is 4.37 Å². The summed E-state index contributed by atoms with van der Waals surface area (Å²) in [7, 11) is 0. The van der Waals surface area contributed by atoms with Crippen molar-refractivity contribution in [3.8, 4) is 0 Å². The highest BCUT2D eigenvalue weighted by molar-refractivity contribution is 7.10. The van der Waals surface area contributed by atoms with Crippen LogP contribution in [0.1, 0.15) is 63.9 Å². The van der Waals surface area contributed by atoms with E-state index in [4.69, 9.17) is 5.73 Å². The molecule has 0 saturated heterocycles. The second-order valence-electron chi connectivity index (χ2n) is 6.52. The minimum absolute atomic E-state index is 0.387. The molecule has 18 heavy (non-hydrogen) atoms. The zero-order valence-electron chi connectivity index (χ0n) is 11.3. The molecule has 0 aliphatic heterocycles. The maximum absolute atomic E-state index is 6.01. The van der Waals surface area contributed by atoms with Gasteiger partial charge in [-0.25, -0.2) is 0 Å². The summed E-state index contributed by atoms with van der Waals surface area (Å²) in [5, 5.41) is 5.00. The van der Waals surface area contributed by atoms with Crippen LogP contribution in [0.5, 0.6) is 0 Å². The molecule has 1 atom stereocenters. The molecule has 3 rings (SSSR count). The highest BCUT2D eigenvalue weighted by Crippen LogP contribution is 2.49. The summed E-state index contributed by atoms with van der Waals surface area (Å²) >= 11 is 1.55. The number of hydrogen-bond donors (Lipinski definition) is 2. The monoisotopic (exact) mass is 265 g/mol. The quantitative estimate of drug-likeness (QED) is 0.869. The van der Waals surface area contributed by atoms with E-state index in [9.17, 15) is 0 Å². The Morgan fingerprint density at radius 3 is 2.72 bits per heavy atom. The van der Waals surface area contributed by atoms with Crippen molar-refractivity contribution in [3.63, 3.8) is 0 Å². The van der Waals surface area contributed by atoms with Crippen molar-refractivity contribution < 1.29 is 0 Å². The zero-order valence-corrected chi connectivity index (χ0v) is 12.1. The Hall–Kier alpha value is -0.770. The normalized spacial score (nSPS) is 27.1. The van der Waals surface area contributed by atoms with Crippen LogP contribution in [0.3, 0.4) is 0 Å². The second-order valence-corrected chi connectivity index (χ2v) is 7.29. The number of hydrogen-bond acceptors (Lipinski definition) is 4. The molecule has 1 unspecified atom stereocenters. The van der Waals surface area contributed by atoms with Crippen LogP contribution in [0.15, 0.2) is 0 Å². The molecule has 0 bridgehead atoms. The molecule has 0 radical (unpaired) electrons. The van der Waals surface area contributed by atoms with Gasteiger partial charge < -0.3 is 11.1 Å². The van der Waals surface area contributed by atoms with Crippen LogP contribution in [-0.4, -0.2) is 10.4 Å². The third-order valence-electron chi connectivity index (χ3n) is 4.55. The molecule has 0 aromatic carbocycles. The molecule has 1 heterocycles. The second kappa shape index (κ2) is 4.41. The van der Waals surface area contributed by atoms with E-state index in [1.54, 1.807) is 11.5 Å². The van der Waals surface area contributed by atoms with Crippen LogP contribution >= 0.6 is 11.5 Å². The largest absolute Gasteiger partial charge is 0.383 e. The van der Waals surface area contributed by atoms with Gasteiger partial charge in [0.05, 0.1) is 0 Å². The Bertz CT molecular complexity index is 434. The number of anilines is 2. The molecule has 2 aliphatic rings. The Balaban J connectivity index is 1.79. The van der Waals surface area contributed by atoms with Gasteiger partial charge in [0.1, 0.15) is 10.8 Å². The van der Waals surface area contributed by atoms with Gasteiger partial charge in [0.25, 0.3) is 0 Å². The lowest BCUT2D eigenvalue weighted by Crippen LogP contribution is -2.38. The fraction of sp³-hybridized carbons (Fsp3) is 0.786. The van der Waals surface area contributed by atoms with Crippen LogP contribution in [0.2, 0.25) is 0 Å². The van der Waals surface area contributed by atoms with E-state index < -0.39 is 0 Å². The van der Waals surface area contributed by atoms with Gasteiger partial charge in [0.15, 0.2) is 0 Å². The number of aromatic nitrogens is 1. The van der Waals surface area contributed by atoms with Crippen LogP contribution in [-0.2, 0) is 0 Å². The standard InChI is InChI=1S/C14H23N3S/c1-14(2)8-4-3-5-10(14)16-13-11(9-6-7-9)12(15)17-18-13/h9-10,16H,3-8H2,1-2H3,(H2,15,17). The first-order chi connectivity index (χ1) is 8.58. The van der Waals surface area contributed by atoms with Gasteiger partial charge in [0.2, 0.25) is 0 Å². The topological polar surface area (TPSA) is 50.9 Å². The van der Waals surface area contributed by atoms with E-state index in [-0.39, 0.29) is 0 Å². The molecule has 0 spiro atoms. The molecule has 1 aromatic heterocycles. The maximum Gasteiger partial charge on any atom is 0.142 e. The van der Waals surface area contributed by atoms with Gasteiger partial charge in [-0.1, -0.05) is 26.7 Å². The van der Waals surface area contributed by atoms with E-state index in [0.717, 1.165) is 5.82 Å². The van der Waals surface area contributed by atoms with Crippen molar-refractivity contribution >= 4 is 22.4 Å². The van der Waals surface area contributed by atoms with Crippen molar-refractivity contribution in [3.05, 3.63) is 5.56 Å². The van der Waals surface area contributed by atoms with Crippen molar-refractivity contribution in [2.75, 3.05) is 11.1 Å². The van der Waals surface area contributed by atoms with E-state index in [2.05, 4.69) is 23.5 Å². The van der Waals surface area contributed by atoms with Gasteiger partial charge in [-0.2, -0.15) is 4.37 Å². The van der Waals surface area contributed by atoms with Crippen molar-refractivity contribution in [2.24, 2.45) is 5.41 Å². The number of nitrogens with one attached hydrogen (secondary N) is 1. The summed E-state index contributed by atoms with van der Waals surface area (Å²) in [6, 6.07) is 0.573. The molecule has 2 saturated carbocycles. The average molecular weight is 265 g/mol. The molecule has 1 aromatic rings. The predicted octanol–water partition coefficient (Wildman–Crippen LogP) is 3.98. The van der Waals surface area contributed by atoms with Gasteiger partial charge in [-0.3, -0.25) is 0 Å². The number of rotatable bonds is 3. The summed E-state index contributed by atoms with van der Waals surface area (Å²) in [5.74, 6) is 1.44. The lowest BCUT2D eigenvalue weighted by molar-refractivity contribution is 0.217. The summed E-state index contributed by atoms with van der Waals surface area (Å²) in [6.45, 7) is 4.76. The maximum atomic E-state index is 6.01. The summed E-state index contributed by atoms with van der Waals surface area (Å²) in [6.07, 6.45) is 7.86. The molecule has 100 valence electrons. The molecular formula is C14H23N3S. The Morgan fingerprint density at radius 1 is 1.28 bits per heavy atom. The smallest absolute Gasteiger partial charge is 0.142 e. The van der Waals surface area contributed by atoms with E-state index in [1.807, 2.05) is 0 Å². The lowest BCUT2D eigenvalue weighted by atomic mass is 9.73. The van der Waals surface area contributed by atoms with E-state index in [1.165, 1.54) is 49.1 Å². The van der Waals surface area contributed by atoms with Gasteiger partial charge in [0, 0.05) is 11.6 Å². The Morgan fingerprint density at radius 2 is 2.06 bits per heavy atom. The number of nitrogens with zero attached hydrogens (tertiary/aromatic N) is 1. The fourth-order valence-corrected chi connectivity index (χ4v) is 3.95. The van der Waals surface area contributed by atoms with Crippen LogP contribution in [0.4, 0.5) is 10.8 Å². The van der Waals surface area contributed by atoms with Crippen LogP contribution in [0, 0.1) is 5.41 Å². The molecule has 3 nitrogen and oxygen atoms in total. The van der Waals surface area contributed by atoms with Crippen molar-refractivity contribution in [2.45, 2.75) is 64.3 Å². The minimum Gasteiger partial charge on any atom is -0.383 e. The first kappa shape index (κ1) is 12.3. The fourth-order valence-electron chi connectivity index (χ4n) is 3.10. The number of nitrogens with two attached hydrogens (primary N) is 1. The SMILES string of the molecule is CC1(C)CCCCC1Nc1snc(N)c1C1CC1. The minimum atomic E-state index is 0.387. The molecule has 2 aliphatic carbocycles. The summed E-state index contributed by atoms with van der Waals surface area (Å²) < 4.78 is 4.35. The van der Waals surface area contributed by atoms with Gasteiger partial charge >= 0.3 is 0 Å². The zero-order chi connectivity index (χ0) is 12.8. The average Bonchev–Trinajstić information content (AvgIpc) is 3.07. The summed E-state index contributed by atoms with van der Waals surface area (Å²) in [4.78, 5) is 0. The highest BCUT2D eigenvalue weighted by Gasteiger charge is 2.35. The molecule has 2 fully saturated rings. The number of nitrogen functional groups attached to an aromatic ring is 1. The Kier molecular flexibility index (Phi) is 3.00. The summed E-state index contributed by atoms with van der Waals surface area (Å²) in [5.41, 5.74) is 7.71. The van der Waals surface area contributed by atoms with Gasteiger partial charge in [-0.05, 0) is 48.5 Å². The molecule has 0 amide bonds. The first-order valence-electron chi connectivity index (χ1n) is 7.09. The van der Waals surface area contributed by atoms with Crippen molar-refractivity contribution in [1.29, 1.82) is 0 Å². The third kappa shape index (κ3) is 2.22. The van der Waals surface area contributed by atoms with Crippen LogP contribution in [0.25, 0.3) is 0 Å². The van der Waals surface area contributed by atoms with Crippen LogP contribution < -0.4 is 11.1 Å². The van der Waals surface area contributed by atoms with Gasteiger partial charge in [-0.15, -0.1) is 0 Å². The third-order valence-corrected chi connectivity index (χ3v) is 5.36. The first-order valence-corrected chi connectivity index (χ1v) is 7.87. The highest BCUT2D eigenvalue weighted by atomic mass is 32.1. The molecular weight excluding hydrogens is 242 g/mol. The van der Waals surface area contributed by atoms with E-state index in [0.29, 0.717) is 17.4 Å². The lowest BCUT2D eigenvalue weighted by Gasteiger charge is -2.39. The van der Waals surface area contributed by atoms with E-state index >= 15 is 0 Å². The molecule has 4 heteroatoms. The predicted molar refractivity (Wildman–Crippen MR) is 78.2 cm³/mol. The molecule has 3 N–H and O–H groups in total.